The fourth-order valence-corrected chi connectivity index (χ4v) is 2.11. The number of aliphatic hydroxyl groups excluding tert-OH is 1. The average Bonchev–Trinajstić information content (AvgIpc) is 2.59. The molecule has 0 bridgehead atoms. The van der Waals surface area contributed by atoms with Crippen LogP contribution < -0.4 is 10.1 Å². The summed E-state index contributed by atoms with van der Waals surface area (Å²) in [6.45, 7) is 4.51. The Balaban J connectivity index is 1.90. The van der Waals surface area contributed by atoms with Gasteiger partial charge in [-0.3, -0.25) is 4.79 Å². The van der Waals surface area contributed by atoms with Crippen LogP contribution >= 0.6 is 0 Å². The summed E-state index contributed by atoms with van der Waals surface area (Å²) in [6, 6.07) is 13.5. The van der Waals surface area contributed by atoms with Crippen LogP contribution in [0.3, 0.4) is 0 Å². The van der Waals surface area contributed by atoms with Crippen molar-refractivity contribution in [1.82, 2.24) is 10.3 Å². The average molecular weight is 328 g/mol. The minimum atomic E-state index is -0.632. The van der Waals surface area contributed by atoms with Gasteiger partial charge in [-0.1, -0.05) is 50.2 Å². The van der Waals surface area contributed by atoms with E-state index in [4.69, 9.17) is 4.74 Å². The van der Waals surface area contributed by atoms with E-state index in [-0.39, 0.29) is 18.2 Å². The molecule has 2 aromatic rings. The second-order valence-corrected chi connectivity index (χ2v) is 6.03. The number of amides is 1. The quantitative estimate of drug-likeness (QED) is 0.781. The zero-order valence-corrected chi connectivity index (χ0v) is 14.1. The lowest BCUT2D eigenvalue weighted by Gasteiger charge is -2.15. The van der Waals surface area contributed by atoms with Crippen LogP contribution in [0.5, 0.6) is 5.88 Å². The number of ether oxygens (including phenoxy) is 1. The maximum absolute atomic E-state index is 11.9. The molecule has 128 valence electrons. The molecule has 1 aromatic carbocycles. The number of nitrogens with one attached hydrogen (secondary N) is 1. The molecule has 5 nitrogen and oxygen atoms in total. The molecule has 1 unspecified atom stereocenters. The topological polar surface area (TPSA) is 71.5 Å². The molecule has 0 radical (unpaired) electrons. The van der Waals surface area contributed by atoms with E-state index in [0.717, 1.165) is 11.1 Å². The standard InChI is InChI=1S/C19H24N2O3/c1-14(2)17(22)11-18(23)21-12-16-9-6-10-20-19(16)24-13-15-7-4-3-5-8-15/h3-10,14,17,22H,11-13H2,1-2H3,(H,21,23). The third-order valence-corrected chi connectivity index (χ3v) is 3.71. The number of benzene rings is 1. The van der Waals surface area contributed by atoms with E-state index in [1.54, 1.807) is 12.3 Å². The van der Waals surface area contributed by atoms with Gasteiger partial charge in [-0.05, 0) is 17.5 Å². The highest BCUT2D eigenvalue weighted by molar-refractivity contribution is 5.76. The van der Waals surface area contributed by atoms with Crippen LogP contribution in [0.2, 0.25) is 0 Å². The molecule has 2 N–H and O–H groups in total. The van der Waals surface area contributed by atoms with Gasteiger partial charge in [0.15, 0.2) is 0 Å². The zero-order valence-electron chi connectivity index (χ0n) is 14.1. The van der Waals surface area contributed by atoms with Gasteiger partial charge in [-0.15, -0.1) is 0 Å². The number of rotatable bonds is 8. The summed E-state index contributed by atoms with van der Waals surface area (Å²) in [4.78, 5) is 16.1. The number of nitrogens with zero attached hydrogens (tertiary/aromatic N) is 1. The fraction of sp³-hybridized carbons (Fsp3) is 0.368. The molecule has 1 amide bonds. The van der Waals surface area contributed by atoms with Crippen molar-refractivity contribution in [3.63, 3.8) is 0 Å². The van der Waals surface area contributed by atoms with Gasteiger partial charge in [0, 0.05) is 18.3 Å². The largest absolute Gasteiger partial charge is 0.473 e. The molecule has 1 atom stereocenters. The predicted octanol–water partition coefficient (Wildman–Crippen LogP) is 2.68. The van der Waals surface area contributed by atoms with E-state index in [1.807, 2.05) is 50.2 Å². The van der Waals surface area contributed by atoms with Crippen molar-refractivity contribution in [2.75, 3.05) is 0 Å². The molecule has 1 heterocycles. The van der Waals surface area contributed by atoms with Gasteiger partial charge in [-0.2, -0.15) is 0 Å². The number of hydrogen-bond donors (Lipinski definition) is 2. The lowest BCUT2D eigenvalue weighted by atomic mass is 10.0. The molecule has 0 fully saturated rings. The minimum Gasteiger partial charge on any atom is -0.473 e. The Hall–Kier alpha value is -2.40. The second-order valence-electron chi connectivity index (χ2n) is 6.03. The summed E-state index contributed by atoms with van der Waals surface area (Å²) in [5.74, 6) is 0.374. The molecule has 0 aliphatic rings. The first-order valence-electron chi connectivity index (χ1n) is 8.11. The SMILES string of the molecule is CC(C)C(O)CC(=O)NCc1cccnc1OCc1ccccc1. The first-order valence-corrected chi connectivity index (χ1v) is 8.11. The summed E-state index contributed by atoms with van der Waals surface area (Å²) < 4.78 is 5.76. The van der Waals surface area contributed by atoms with Crippen molar-refractivity contribution in [3.8, 4) is 5.88 Å². The number of carbonyl (C=O) groups excluding carboxylic acids is 1. The Morgan fingerprint density at radius 1 is 1.21 bits per heavy atom. The number of carbonyl (C=O) groups is 1. The Bertz CT molecular complexity index is 644. The van der Waals surface area contributed by atoms with Gasteiger partial charge in [0.25, 0.3) is 0 Å². The highest BCUT2D eigenvalue weighted by Crippen LogP contribution is 2.16. The van der Waals surface area contributed by atoms with Crippen molar-refractivity contribution >= 4 is 5.91 Å². The van der Waals surface area contributed by atoms with Gasteiger partial charge in [0.2, 0.25) is 11.8 Å². The van der Waals surface area contributed by atoms with Gasteiger partial charge >= 0.3 is 0 Å². The van der Waals surface area contributed by atoms with Crippen LogP contribution in [0.25, 0.3) is 0 Å². The summed E-state index contributed by atoms with van der Waals surface area (Å²) in [6.07, 6.45) is 1.12. The normalized spacial score (nSPS) is 12.0. The van der Waals surface area contributed by atoms with Crippen molar-refractivity contribution in [2.24, 2.45) is 5.92 Å². The number of hydrogen-bond acceptors (Lipinski definition) is 4. The van der Waals surface area contributed by atoms with E-state index in [9.17, 15) is 9.90 Å². The monoisotopic (exact) mass is 328 g/mol. The molecule has 24 heavy (non-hydrogen) atoms. The molecule has 0 saturated carbocycles. The summed E-state index contributed by atoms with van der Waals surface area (Å²) in [5.41, 5.74) is 1.86. The van der Waals surface area contributed by atoms with Crippen LogP contribution in [-0.4, -0.2) is 22.1 Å². The van der Waals surface area contributed by atoms with Gasteiger partial charge in [0.05, 0.1) is 12.5 Å². The molecular weight excluding hydrogens is 304 g/mol. The number of pyridine rings is 1. The highest BCUT2D eigenvalue weighted by Gasteiger charge is 2.14. The molecule has 1 aromatic heterocycles. The third-order valence-electron chi connectivity index (χ3n) is 3.71. The second kappa shape index (κ2) is 9.03. The number of aliphatic hydroxyl groups is 1. The predicted molar refractivity (Wildman–Crippen MR) is 92.3 cm³/mol. The van der Waals surface area contributed by atoms with Crippen molar-refractivity contribution in [1.29, 1.82) is 0 Å². The first-order chi connectivity index (χ1) is 11.6. The lowest BCUT2D eigenvalue weighted by molar-refractivity contribution is -0.123. The van der Waals surface area contributed by atoms with Gasteiger partial charge < -0.3 is 15.2 Å². The maximum Gasteiger partial charge on any atom is 0.222 e. The van der Waals surface area contributed by atoms with E-state index in [1.165, 1.54) is 0 Å². The van der Waals surface area contributed by atoms with E-state index in [0.29, 0.717) is 19.0 Å². The van der Waals surface area contributed by atoms with Crippen molar-refractivity contribution < 1.29 is 14.6 Å². The molecule has 0 saturated heterocycles. The van der Waals surface area contributed by atoms with E-state index in [2.05, 4.69) is 10.3 Å². The summed E-state index contributed by atoms with van der Waals surface area (Å²) >= 11 is 0. The maximum atomic E-state index is 11.9. The lowest BCUT2D eigenvalue weighted by Crippen LogP contribution is -2.29. The Kier molecular flexibility index (Phi) is 6.75. The Morgan fingerprint density at radius 2 is 1.96 bits per heavy atom. The molecular formula is C19H24N2O3. The molecule has 0 aliphatic heterocycles. The molecule has 0 spiro atoms. The first kappa shape index (κ1) is 17.9. The molecule has 0 aliphatic carbocycles. The molecule has 5 heteroatoms. The van der Waals surface area contributed by atoms with Crippen LogP contribution in [0.15, 0.2) is 48.7 Å². The summed E-state index contributed by atoms with van der Waals surface area (Å²) in [7, 11) is 0. The van der Waals surface area contributed by atoms with Crippen LogP contribution in [0.1, 0.15) is 31.4 Å². The van der Waals surface area contributed by atoms with Crippen molar-refractivity contribution in [3.05, 3.63) is 59.8 Å². The minimum absolute atomic E-state index is 0.0545. The molecule has 2 rings (SSSR count). The van der Waals surface area contributed by atoms with E-state index >= 15 is 0 Å². The van der Waals surface area contributed by atoms with Crippen molar-refractivity contribution in [2.45, 2.75) is 39.5 Å². The fourth-order valence-electron chi connectivity index (χ4n) is 2.11. The Labute approximate surface area is 142 Å². The summed E-state index contributed by atoms with van der Waals surface area (Å²) in [5, 5.41) is 12.6. The van der Waals surface area contributed by atoms with Crippen LogP contribution in [0.4, 0.5) is 0 Å². The van der Waals surface area contributed by atoms with Crippen LogP contribution in [-0.2, 0) is 17.9 Å². The third kappa shape index (κ3) is 5.66. The Morgan fingerprint density at radius 3 is 2.67 bits per heavy atom. The number of aromatic nitrogens is 1. The highest BCUT2D eigenvalue weighted by atomic mass is 16.5. The van der Waals surface area contributed by atoms with Gasteiger partial charge in [0.1, 0.15) is 6.61 Å². The zero-order chi connectivity index (χ0) is 17.4. The van der Waals surface area contributed by atoms with E-state index < -0.39 is 6.10 Å². The van der Waals surface area contributed by atoms with Crippen LogP contribution in [0, 0.1) is 5.92 Å². The van der Waals surface area contributed by atoms with Gasteiger partial charge in [-0.25, -0.2) is 4.98 Å². The smallest absolute Gasteiger partial charge is 0.222 e.